The minimum absolute atomic E-state index is 0.0957. The molecule has 6 unspecified atom stereocenters. The number of aliphatic hydroxyl groups excluding tert-OH is 4. The monoisotopic (exact) mass is 745 g/mol. The number of unbranched alkanes of at least 4 members (excludes halogenated alkanes) is 7. The number of allylic oxidation sites excluding steroid dienone is 14. The molecule has 1 aliphatic rings. The Morgan fingerprint density at radius 1 is 0.623 bits per heavy atom. The molecule has 0 saturated carbocycles. The van der Waals surface area contributed by atoms with Crippen LogP contribution in [0.5, 0.6) is 0 Å². The molecule has 0 aromatic heterocycles. The summed E-state index contributed by atoms with van der Waals surface area (Å²) in [4.78, 5) is 12.7. The van der Waals surface area contributed by atoms with Gasteiger partial charge in [0.15, 0.2) is 6.29 Å². The third-order valence-electron chi connectivity index (χ3n) is 8.53. The average molecular weight is 745 g/mol. The summed E-state index contributed by atoms with van der Waals surface area (Å²) >= 11 is 0. The maximum Gasteiger partial charge on any atom is 0.306 e. The van der Waals surface area contributed by atoms with Gasteiger partial charge in [0.05, 0.1) is 19.8 Å². The summed E-state index contributed by atoms with van der Waals surface area (Å²) in [5.41, 5.74) is 0. The summed E-state index contributed by atoms with van der Waals surface area (Å²) in [6, 6.07) is 0. The van der Waals surface area contributed by atoms with Gasteiger partial charge in [-0.1, -0.05) is 125 Å². The van der Waals surface area contributed by atoms with Gasteiger partial charge in [-0.3, -0.25) is 4.79 Å². The third-order valence-corrected chi connectivity index (χ3v) is 8.53. The Bertz CT molecular complexity index is 1070. The van der Waals surface area contributed by atoms with Crippen LogP contribution in [0.15, 0.2) is 85.1 Å². The van der Waals surface area contributed by atoms with Crippen LogP contribution in [0.1, 0.15) is 123 Å². The number of esters is 1. The molecule has 1 heterocycles. The van der Waals surface area contributed by atoms with Crippen LogP contribution in [0.3, 0.4) is 0 Å². The molecule has 1 aliphatic heterocycles. The smallest absolute Gasteiger partial charge is 0.306 e. The molecule has 1 rings (SSSR count). The van der Waals surface area contributed by atoms with Crippen molar-refractivity contribution in [1.82, 2.24) is 0 Å². The molecule has 0 radical (unpaired) electrons. The molecule has 9 nitrogen and oxygen atoms in total. The van der Waals surface area contributed by atoms with Crippen LogP contribution in [-0.4, -0.2) is 89.6 Å². The number of hydrogen-bond acceptors (Lipinski definition) is 9. The first kappa shape index (κ1) is 48.4. The van der Waals surface area contributed by atoms with E-state index in [0.29, 0.717) is 6.61 Å². The minimum Gasteiger partial charge on any atom is -0.457 e. The van der Waals surface area contributed by atoms with Crippen molar-refractivity contribution in [2.75, 3.05) is 26.4 Å². The van der Waals surface area contributed by atoms with E-state index in [0.717, 1.165) is 96.3 Å². The van der Waals surface area contributed by atoms with Crippen molar-refractivity contribution in [3.63, 3.8) is 0 Å². The molecular formula is C44H72O9. The average Bonchev–Trinajstić information content (AvgIpc) is 3.16. The Balaban J connectivity index is 2.35. The van der Waals surface area contributed by atoms with Crippen LogP contribution < -0.4 is 0 Å². The highest BCUT2D eigenvalue weighted by molar-refractivity contribution is 5.69. The Morgan fingerprint density at radius 2 is 1.15 bits per heavy atom. The lowest BCUT2D eigenvalue weighted by atomic mass is 9.99. The lowest BCUT2D eigenvalue weighted by Crippen LogP contribution is -2.59. The first-order valence-corrected chi connectivity index (χ1v) is 20.2. The van der Waals surface area contributed by atoms with Crippen LogP contribution in [0.25, 0.3) is 0 Å². The van der Waals surface area contributed by atoms with Gasteiger partial charge in [-0.15, -0.1) is 0 Å². The van der Waals surface area contributed by atoms with Gasteiger partial charge in [0.1, 0.15) is 30.5 Å². The number of aliphatic hydroxyl groups is 4. The lowest BCUT2D eigenvalue weighted by Gasteiger charge is -2.39. The van der Waals surface area contributed by atoms with Crippen molar-refractivity contribution in [1.29, 1.82) is 0 Å². The van der Waals surface area contributed by atoms with E-state index in [2.05, 4.69) is 98.9 Å². The molecule has 0 aromatic carbocycles. The van der Waals surface area contributed by atoms with Crippen LogP contribution >= 0.6 is 0 Å². The number of hydrogen-bond donors (Lipinski definition) is 4. The molecule has 6 atom stereocenters. The predicted octanol–water partition coefficient (Wildman–Crippen LogP) is 8.30. The van der Waals surface area contributed by atoms with Crippen molar-refractivity contribution in [2.45, 2.75) is 160 Å². The molecule has 0 bridgehead atoms. The fourth-order valence-corrected chi connectivity index (χ4v) is 5.39. The van der Waals surface area contributed by atoms with Gasteiger partial charge in [0, 0.05) is 13.0 Å². The largest absolute Gasteiger partial charge is 0.457 e. The topological polar surface area (TPSA) is 135 Å². The quantitative estimate of drug-likeness (QED) is 0.0305. The van der Waals surface area contributed by atoms with Gasteiger partial charge in [0.25, 0.3) is 0 Å². The zero-order valence-corrected chi connectivity index (χ0v) is 32.7. The van der Waals surface area contributed by atoms with E-state index in [1.807, 2.05) is 0 Å². The van der Waals surface area contributed by atoms with Crippen LogP contribution in [0.4, 0.5) is 0 Å². The first-order chi connectivity index (χ1) is 25.9. The highest BCUT2D eigenvalue weighted by Crippen LogP contribution is 2.22. The van der Waals surface area contributed by atoms with Gasteiger partial charge in [-0.05, 0) is 77.0 Å². The fourth-order valence-electron chi connectivity index (χ4n) is 5.39. The molecule has 53 heavy (non-hydrogen) atoms. The fraction of sp³-hybridized carbons (Fsp3) is 0.659. The molecule has 0 amide bonds. The standard InChI is InChI=1S/C44H72O9/c1-3-5-7-9-11-13-15-16-17-18-19-20-21-22-23-24-26-28-30-32-34-50-36-38(37-51-44-43(49)42(48)41(47)39(35-45)53-44)52-40(46)33-31-29-27-25-14-12-10-8-6-4-2/h5,7-8,10-11,13,16-17,19-20,22-23,26,28,38-39,41-45,47-49H,3-4,6,9,12,14-15,18,21,24-25,27,29-37H2,1-2H3/b7-5-,10-8-,13-11-,17-16-,20-19-,23-22-,28-26-. The normalized spacial score (nSPS) is 22.0. The van der Waals surface area contributed by atoms with Crippen molar-refractivity contribution in [3.05, 3.63) is 85.1 Å². The van der Waals surface area contributed by atoms with E-state index >= 15 is 0 Å². The second kappa shape index (κ2) is 35.1. The van der Waals surface area contributed by atoms with Crippen LogP contribution in [0.2, 0.25) is 0 Å². The summed E-state index contributed by atoms with van der Waals surface area (Å²) < 4.78 is 22.6. The number of carbonyl (C=O) groups is 1. The SMILES string of the molecule is CC/C=C\C/C=C\C/C=C\C/C=C\C/C=C\C/C=C\CCCOCC(COC1OC(CO)C(O)C(O)C1O)OC(=O)CCCCCCC/C=C\CCC. The Labute approximate surface area is 320 Å². The Hall–Kier alpha value is -2.63. The summed E-state index contributed by atoms with van der Waals surface area (Å²) in [5.74, 6) is -0.350. The minimum atomic E-state index is -1.55. The molecule has 302 valence electrons. The van der Waals surface area contributed by atoms with Gasteiger partial charge in [0.2, 0.25) is 0 Å². The molecule has 0 aromatic rings. The zero-order valence-electron chi connectivity index (χ0n) is 32.7. The Morgan fingerprint density at radius 3 is 1.75 bits per heavy atom. The summed E-state index contributed by atoms with van der Waals surface area (Å²) in [5, 5.41) is 39.9. The van der Waals surface area contributed by atoms with Crippen molar-refractivity contribution in [3.8, 4) is 0 Å². The molecule has 0 spiro atoms. The van der Waals surface area contributed by atoms with E-state index in [1.54, 1.807) is 0 Å². The molecule has 0 aliphatic carbocycles. The van der Waals surface area contributed by atoms with Gasteiger partial charge < -0.3 is 39.4 Å². The van der Waals surface area contributed by atoms with E-state index < -0.39 is 43.4 Å². The van der Waals surface area contributed by atoms with E-state index in [9.17, 15) is 25.2 Å². The van der Waals surface area contributed by atoms with Gasteiger partial charge >= 0.3 is 5.97 Å². The van der Waals surface area contributed by atoms with Crippen LogP contribution in [-0.2, 0) is 23.7 Å². The molecule has 9 heteroatoms. The lowest BCUT2D eigenvalue weighted by molar-refractivity contribution is -0.305. The summed E-state index contributed by atoms with van der Waals surface area (Å²) in [6.45, 7) is 4.18. The van der Waals surface area contributed by atoms with E-state index in [1.165, 1.54) is 6.42 Å². The third kappa shape index (κ3) is 26.7. The number of ether oxygens (including phenoxy) is 4. The Kier molecular flexibility index (Phi) is 32.0. The van der Waals surface area contributed by atoms with Crippen molar-refractivity contribution < 1.29 is 44.2 Å². The van der Waals surface area contributed by atoms with Crippen molar-refractivity contribution in [2.24, 2.45) is 0 Å². The second-order valence-corrected chi connectivity index (χ2v) is 13.3. The first-order valence-electron chi connectivity index (χ1n) is 20.2. The maximum absolute atomic E-state index is 12.7. The van der Waals surface area contributed by atoms with Gasteiger partial charge in [-0.25, -0.2) is 0 Å². The zero-order chi connectivity index (χ0) is 38.6. The van der Waals surface area contributed by atoms with Crippen LogP contribution in [0, 0.1) is 0 Å². The number of rotatable bonds is 32. The molecular weight excluding hydrogens is 672 g/mol. The maximum atomic E-state index is 12.7. The molecule has 4 N–H and O–H groups in total. The highest BCUT2D eigenvalue weighted by Gasteiger charge is 2.44. The van der Waals surface area contributed by atoms with E-state index in [4.69, 9.17) is 18.9 Å². The van der Waals surface area contributed by atoms with Gasteiger partial charge in [-0.2, -0.15) is 0 Å². The van der Waals surface area contributed by atoms with E-state index in [-0.39, 0.29) is 25.6 Å². The predicted molar refractivity (Wildman–Crippen MR) is 214 cm³/mol. The number of carbonyl (C=O) groups excluding carboxylic acids is 1. The molecule has 1 fully saturated rings. The summed E-state index contributed by atoms with van der Waals surface area (Å²) in [6.07, 6.45) is 39.1. The molecule has 1 saturated heterocycles. The highest BCUT2D eigenvalue weighted by atomic mass is 16.7. The second-order valence-electron chi connectivity index (χ2n) is 13.3. The van der Waals surface area contributed by atoms with Crippen molar-refractivity contribution >= 4 is 5.97 Å². The summed E-state index contributed by atoms with van der Waals surface area (Å²) in [7, 11) is 0.